The number of aromatic nitrogens is 2. The molecule has 28 heavy (non-hydrogen) atoms. The van der Waals surface area contributed by atoms with Gasteiger partial charge in [-0.2, -0.15) is 4.98 Å². The Morgan fingerprint density at radius 2 is 2.25 bits per heavy atom. The zero-order chi connectivity index (χ0) is 19.6. The Morgan fingerprint density at radius 3 is 2.96 bits per heavy atom. The standard InChI is InChI=1S/C19H23FN4O4/c1-26-14-6-4-13(5-7-14)16-22-17(28-23-16)19(20)8-9-24(12-19)18(25)21-11-15-3-2-10-27-15/h4-7,15H,2-3,8-12H2,1H3,(H,21,25). The Balaban J connectivity index is 1.38. The molecule has 0 spiro atoms. The molecule has 2 unspecified atom stereocenters. The van der Waals surface area contributed by atoms with Gasteiger partial charge >= 0.3 is 6.03 Å². The summed E-state index contributed by atoms with van der Waals surface area (Å²) in [7, 11) is 1.58. The smallest absolute Gasteiger partial charge is 0.317 e. The number of carbonyl (C=O) groups excluding carboxylic acids is 1. The molecule has 2 aliphatic rings. The topological polar surface area (TPSA) is 89.7 Å². The molecule has 2 saturated heterocycles. The van der Waals surface area contributed by atoms with E-state index in [4.69, 9.17) is 14.0 Å². The van der Waals surface area contributed by atoms with Gasteiger partial charge in [0.15, 0.2) is 0 Å². The predicted octanol–water partition coefficient (Wildman–Crippen LogP) is 2.50. The Morgan fingerprint density at radius 1 is 1.43 bits per heavy atom. The molecular formula is C19H23FN4O4. The first kappa shape index (κ1) is 18.7. The minimum atomic E-state index is -1.85. The van der Waals surface area contributed by atoms with Crippen molar-refractivity contribution in [3.63, 3.8) is 0 Å². The number of benzene rings is 1. The molecule has 2 aromatic rings. The minimum Gasteiger partial charge on any atom is -0.497 e. The number of ether oxygens (including phenoxy) is 2. The summed E-state index contributed by atoms with van der Waals surface area (Å²) in [4.78, 5) is 18.0. The van der Waals surface area contributed by atoms with Gasteiger partial charge in [0.25, 0.3) is 5.89 Å². The van der Waals surface area contributed by atoms with E-state index in [2.05, 4.69) is 15.5 Å². The summed E-state index contributed by atoms with van der Waals surface area (Å²) in [6.45, 7) is 1.34. The maximum atomic E-state index is 15.4. The summed E-state index contributed by atoms with van der Waals surface area (Å²) in [5.41, 5.74) is -1.15. The lowest BCUT2D eigenvalue weighted by molar-refractivity contribution is 0.105. The number of likely N-dealkylation sites (tertiary alicyclic amines) is 1. The molecule has 0 radical (unpaired) electrons. The van der Waals surface area contributed by atoms with Gasteiger partial charge in [0.1, 0.15) is 5.75 Å². The molecule has 8 nitrogen and oxygen atoms in total. The third-order valence-electron chi connectivity index (χ3n) is 5.17. The van der Waals surface area contributed by atoms with E-state index in [0.717, 1.165) is 19.4 Å². The fourth-order valence-corrected chi connectivity index (χ4v) is 3.50. The van der Waals surface area contributed by atoms with Crippen molar-refractivity contribution in [1.82, 2.24) is 20.4 Å². The molecule has 9 heteroatoms. The van der Waals surface area contributed by atoms with E-state index in [9.17, 15) is 4.79 Å². The Hall–Kier alpha value is -2.68. The number of methoxy groups -OCH3 is 1. The van der Waals surface area contributed by atoms with Gasteiger partial charge in [-0.1, -0.05) is 5.16 Å². The lowest BCUT2D eigenvalue weighted by Gasteiger charge is -2.19. The largest absolute Gasteiger partial charge is 0.497 e. The Kier molecular flexibility index (Phi) is 5.17. The van der Waals surface area contributed by atoms with Crippen LogP contribution in [-0.4, -0.2) is 60.5 Å². The number of halogens is 1. The van der Waals surface area contributed by atoms with E-state index in [1.165, 1.54) is 4.90 Å². The van der Waals surface area contributed by atoms with Crippen molar-refractivity contribution in [2.75, 3.05) is 33.4 Å². The van der Waals surface area contributed by atoms with Crippen LogP contribution in [0.2, 0.25) is 0 Å². The monoisotopic (exact) mass is 390 g/mol. The SMILES string of the molecule is COc1ccc(-c2noc(C3(F)CCN(C(=O)NCC4CCCO4)C3)n2)cc1. The number of carbonyl (C=O) groups is 1. The number of urea groups is 1. The average Bonchev–Trinajstić information content (AvgIpc) is 3.47. The van der Waals surface area contributed by atoms with Crippen LogP contribution in [0.25, 0.3) is 11.4 Å². The molecule has 0 bridgehead atoms. The van der Waals surface area contributed by atoms with E-state index in [1.54, 1.807) is 31.4 Å². The van der Waals surface area contributed by atoms with E-state index in [0.29, 0.717) is 23.7 Å². The normalized spacial score (nSPS) is 24.5. The number of hydrogen-bond acceptors (Lipinski definition) is 6. The van der Waals surface area contributed by atoms with Crippen molar-refractivity contribution in [3.8, 4) is 17.1 Å². The zero-order valence-electron chi connectivity index (χ0n) is 15.7. The van der Waals surface area contributed by atoms with Crippen LogP contribution >= 0.6 is 0 Å². The van der Waals surface area contributed by atoms with Crippen molar-refractivity contribution in [2.24, 2.45) is 0 Å². The summed E-state index contributed by atoms with van der Waals surface area (Å²) >= 11 is 0. The molecule has 0 aliphatic carbocycles. The van der Waals surface area contributed by atoms with Crippen LogP contribution in [0.1, 0.15) is 25.2 Å². The highest BCUT2D eigenvalue weighted by atomic mass is 19.1. The molecule has 2 fully saturated rings. The molecule has 2 atom stereocenters. The molecule has 4 rings (SSSR count). The third-order valence-corrected chi connectivity index (χ3v) is 5.17. The van der Waals surface area contributed by atoms with Gasteiger partial charge in [-0.15, -0.1) is 0 Å². The van der Waals surface area contributed by atoms with Crippen molar-refractivity contribution < 1.29 is 23.2 Å². The summed E-state index contributed by atoms with van der Waals surface area (Å²) < 4.78 is 31.2. The van der Waals surface area contributed by atoms with Gasteiger partial charge in [-0.25, -0.2) is 9.18 Å². The Labute approximate surface area is 162 Å². The highest BCUT2D eigenvalue weighted by Gasteiger charge is 2.46. The van der Waals surface area contributed by atoms with Crippen LogP contribution in [0.3, 0.4) is 0 Å². The first-order valence-corrected chi connectivity index (χ1v) is 9.39. The van der Waals surface area contributed by atoms with Crippen molar-refractivity contribution in [2.45, 2.75) is 31.0 Å². The van der Waals surface area contributed by atoms with Gasteiger partial charge < -0.3 is 24.2 Å². The molecule has 2 amide bonds. The Bertz CT molecular complexity index is 822. The number of amides is 2. The average molecular weight is 390 g/mol. The summed E-state index contributed by atoms with van der Waals surface area (Å²) in [5.74, 6) is 0.901. The van der Waals surface area contributed by atoms with Gasteiger partial charge in [0, 0.05) is 31.7 Å². The lowest BCUT2D eigenvalue weighted by atomic mass is 10.1. The zero-order valence-corrected chi connectivity index (χ0v) is 15.7. The summed E-state index contributed by atoms with van der Waals surface area (Å²) in [6.07, 6.45) is 2.10. The highest BCUT2D eigenvalue weighted by Crippen LogP contribution is 2.36. The van der Waals surface area contributed by atoms with E-state index in [1.807, 2.05) is 0 Å². The van der Waals surface area contributed by atoms with Gasteiger partial charge in [-0.3, -0.25) is 0 Å². The number of nitrogens with zero attached hydrogens (tertiary/aromatic N) is 3. The predicted molar refractivity (Wildman–Crippen MR) is 97.6 cm³/mol. The third kappa shape index (κ3) is 3.80. The number of alkyl halides is 1. The first-order valence-electron chi connectivity index (χ1n) is 9.39. The second-order valence-electron chi connectivity index (χ2n) is 7.11. The minimum absolute atomic E-state index is 0.0460. The molecule has 1 N–H and O–H groups in total. The van der Waals surface area contributed by atoms with Crippen LogP contribution < -0.4 is 10.1 Å². The van der Waals surface area contributed by atoms with E-state index in [-0.39, 0.29) is 37.5 Å². The van der Waals surface area contributed by atoms with E-state index < -0.39 is 5.67 Å². The van der Waals surface area contributed by atoms with Gasteiger partial charge in [-0.05, 0) is 37.1 Å². The molecule has 1 aromatic carbocycles. The maximum Gasteiger partial charge on any atom is 0.317 e. The maximum absolute atomic E-state index is 15.4. The second-order valence-corrected chi connectivity index (χ2v) is 7.11. The molecule has 3 heterocycles. The van der Waals surface area contributed by atoms with Crippen LogP contribution in [-0.2, 0) is 10.4 Å². The number of rotatable bonds is 5. The van der Waals surface area contributed by atoms with Crippen LogP contribution in [0.5, 0.6) is 5.75 Å². The molecule has 2 aliphatic heterocycles. The molecule has 150 valence electrons. The fraction of sp³-hybridized carbons (Fsp3) is 0.526. The first-order chi connectivity index (χ1) is 13.6. The number of hydrogen-bond donors (Lipinski definition) is 1. The number of nitrogens with one attached hydrogen (secondary N) is 1. The molecular weight excluding hydrogens is 367 g/mol. The van der Waals surface area contributed by atoms with Crippen molar-refractivity contribution in [3.05, 3.63) is 30.2 Å². The quantitative estimate of drug-likeness (QED) is 0.844. The van der Waals surface area contributed by atoms with Crippen molar-refractivity contribution >= 4 is 6.03 Å². The molecule has 1 aromatic heterocycles. The van der Waals surface area contributed by atoms with Crippen LogP contribution in [0.4, 0.5) is 9.18 Å². The summed E-state index contributed by atoms with van der Waals surface area (Å²) in [5, 5.41) is 6.70. The van der Waals surface area contributed by atoms with Gasteiger partial charge in [0.05, 0.1) is 19.8 Å². The van der Waals surface area contributed by atoms with Crippen LogP contribution in [0.15, 0.2) is 28.8 Å². The van der Waals surface area contributed by atoms with Crippen LogP contribution in [0, 0.1) is 0 Å². The molecule has 0 saturated carbocycles. The van der Waals surface area contributed by atoms with E-state index >= 15 is 4.39 Å². The lowest BCUT2D eigenvalue weighted by Crippen LogP contribution is -2.42. The fourth-order valence-electron chi connectivity index (χ4n) is 3.50. The van der Waals surface area contributed by atoms with Crippen molar-refractivity contribution in [1.29, 1.82) is 0 Å². The second kappa shape index (κ2) is 7.75. The highest BCUT2D eigenvalue weighted by molar-refractivity contribution is 5.74. The summed E-state index contributed by atoms with van der Waals surface area (Å²) in [6, 6.07) is 6.79. The van der Waals surface area contributed by atoms with Gasteiger partial charge in [0.2, 0.25) is 11.5 Å².